The molecule has 1 atom stereocenters. The molecular formula is C15H18N2O2. The van der Waals surface area contributed by atoms with E-state index in [1.54, 1.807) is 0 Å². The Morgan fingerprint density at radius 1 is 1.26 bits per heavy atom. The lowest BCUT2D eigenvalue weighted by Crippen LogP contribution is -2.37. The molecule has 4 nitrogen and oxygen atoms in total. The van der Waals surface area contributed by atoms with Crippen LogP contribution in [0.4, 0.5) is 0 Å². The van der Waals surface area contributed by atoms with E-state index in [1.807, 2.05) is 12.3 Å². The molecule has 1 aromatic carbocycles. The third-order valence-corrected chi connectivity index (χ3v) is 3.25. The smallest absolute Gasteiger partial charge is 0.0933 e. The fraction of sp³-hybridized carbons (Fsp3) is 0.400. The molecular weight excluding hydrogens is 240 g/mol. The molecule has 0 aliphatic carbocycles. The molecule has 1 aliphatic heterocycles. The molecule has 2 aromatic rings. The Labute approximate surface area is 112 Å². The summed E-state index contributed by atoms with van der Waals surface area (Å²) in [7, 11) is 0. The Kier molecular flexibility index (Phi) is 4.03. The van der Waals surface area contributed by atoms with Crippen molar-refractivity contribution in [1.29, 1.82) is 0 Å². The lowest BCUT2D eigenvalue weighted by atomic mass is 10.1. The Hall–Kier alpha value is -1.49. The van der Waals surface area contributed by atoms with E-state index in [4.69, 9.17) is 9.47 Å². The molecule has 0 amide bonds. The number of nitrogens with one attached hydrogen (secondary N) is 1. The van der Waals surface area contributed by atoms with Crippen LogP contribution in [0.2, 0.25) is 0 Å². The zero-order valence-corrected chi connectivity index (χ0v) is 10.8. The van der Waals surface area contributed by atoms with Gasteiger partial charge in [0.05, 0.1) is 31.4 Å². The SMILES string of the molecule is c1cnc2ccc(CNCC3COCCO3)cc2c1. The first-order valence-electron chi connectivity index (χ1n) is 6.65. The van der Waals surface area contributed by atoms with Crippen LogP contribution in [0.3, 0.4) is 0 Å². The quantitative estimate of drug-likeness (QED) is 0.907. The second-order valence-corrected chi connectivity index (χ2v) is 4.73. The van der Waals surface area contributed by atoms with E-state index in [-0.39, 0.29) is 6.10 Å². The molecule has 3 rings (SSSR count). The highest BCUT2D eigenvalue weighted by Crippen LogP contribution is 2.13. The molecule has 1 N–H and O–H groups in total. The van der Waals surface area contributed by atoms with Crippen LogP contribution in [-0.4, -0.2) is 37.5 Å². The summed E-state index contributed by atoms with van der Waals surface area (Å²) in [5.74, 6) is 0. The summed E-state index contributed by atoms with van der Waals surface area (Å²) >= 11 is 0. The van der Waals surface area contributed by atoms with E-state index in [2.05, 4.69) is 34.6 Å². The molecule has 1 aromatic heterocycles. The normalized spacial score (nSPS) is 19.7. The van der Waals surface area contributed by atoms with E-state index < -0.39 is 0 Å². The lowest BCUT2D eigenvalue weighted by Gasteiger charge is -2.23. The van der Waals surface area contributed by atoms with Gasteiger partial charge in [0.15, 0.2) is 0 Å². The molecule has 1 unspecified atom stereocenters. The van der Waals surface area contributed by atoms with Crippen LogP contribution in [0.25, 0.3) is 10.9 Å². The van der Waals surface area contributed by atoms with E-state index in [0.717, 1.165) is 18.6 Å². The molecule has 4 heteroatoms. The minimum atomic E-state index is 0.177. The van der Waals surface area contributed by atoms with Crippen molar-refractivity contribution in [2.45, 2.75) is 12.6 Å². The maximum absolute atomic E-state index is 5.59. The summed E-state index contributed by atoms with van der Waals surface area (Å²) in [5.41, 5.74) is 2.30. The molecule has 1 fully saturated rings. The summed E-state index contributed by atoms with van der Waals surface area (Å²) in [6, 6.07) is 10.4. The number of ether oxygens (including phenoxy) is 2. The van der Waals surface area contributed by atoms with Gasteiger partial charge in [0.1, 0.15) is 0 Å². The van der Waals surface area contributed by atoms with Gasteiger partial charge in [-0.2, -0.15) is 0 Å². The van der Waals surface area contributed by atoms with Gasteiger partial charge in [0.2, 0.25) is 0 Å². The maximum Gasteiger partial charge on any atom is 0.0933 e. The first-order chi connectivity index (χ1) is 9.42. The van der Waals surface area contributed by atoms with Crippen LogP contribution >= 0.6 is 0 Å². The molecule has 100 valence electrons. The van der Waals surface area contributed by atoms with Crippen LogP contribution in [-0.2, 0) is 16.0 Å². The van der Waals surface area contributed by atoms with Crippen LogP contribution in [0, 0.1) is 0 Å². The van der Waals surface area contributed by atoms with Crippen molar-refractivity contribution in [3.05, 3.63) is 42.1 Å². The predicted molar refractivity (Wildman–Crippen MR) is 74.0 cm³/mol. The predicted octanol–water partition coefficient (Wildman–Crippen LogP) is 1.74. The third kappa shape index (κ3) is 3.29. The average Bonchev–Trinajstić information content (AvgIpc) is 2.48. The van der Waals surface area contributed by atoms with Crippen LogP contribution in [0.5, 0.6) is 0 Å². The Morgan fingerprint density at radius 2 is 2.26 bits per heavy atom. The molecule has 0 radical (unpaired) electrons. The van der Waals surface area contributed by atoms with Gasteiger partial charge in [0.25, 0.3) is 0 Å². The van der Waals surface area contributed by atoms with Crippen molar-refractivity contribution in [1.82, 2.24) is 10.3 Å². The highest BCUT2D eigenvalue weighted by Gasteiger charge is 2.13. The summed E-state index contributed by atoms with van der Waals surface area (Å²) in [5, 5.41) is 4.59. The second-order valence-electron chi connectivity index (χ2n) is 4.73. The number of nitrogens with zero attached hydrogens (tertiary/aromatic N) is 1. The number of benzene rings is 1. The van der Waals surface area contributed by atoms with E-state index in [1.165, 1.54) is 10.9 Å². The van der Waals surface area contributed by atoms with Crippen molar-refractivity contribution in [2.75, 3.05) is 26.4 Å². The van der Waals surface area contributed by atoms with Crippen LogP contribution in [0.15, 0.2) is 36.5 Å². The molecule has 2 heterocycles. The highest BCUT2D eigenvalue weighted by molar-refractivity contribution is 5.78. The fourth-order valence-electron chi connectivity index (χ4n) is 2.27. The van der Waals surface area contributed by atoms with Gasteiger partial charge in [-0.1, -0.05) is 12.1 Å². The second kappa shape index (κ2) is 6.10. The van der Waals surface area contributed by atoms with E-state index >= 15 is 0 Å². The van der Waals surface area contributed by atoms with Crippen molar-refractivity contribution in [3.63, 3.8) is 0 Å². The fourth-order valence-corrected chi connectivity index (χ4v) is 2.27. The van der Waals surface area contributed by atoms with Crippen molar-refractivity contribution in [3.8, 4) is 0 Å². The van der Waals surface area contributed by atoms with Gasteiger partial charge in [-0.3, -0.25) is 4.98 Å². The number of hydrogen-bond donors (Lipinski definition) is 1. The first kappa shape index (κ1) is 12.5. The zero-order chi connectivity index (χ0) is 12.9. The summed E-state index contributed by atoms with van der Waals surface area (Å²) < 4.78 is 11.0. The largest absolute Gasteiger partial charge is 0.376 e. The molecule has 19 heavy (non-hydrogen) atoms. The summed E-state index contributed by atoms with van der Waals surface area (Å²) in [6.45, 7) is 3.77. The first-order valence-corrected chi connectivity index (χ1v) is 6.65. The number of aromatic nitrogens is 1. The van der Waals surface area contributed by atoms with E-state index in [9.17, 15) is 0 Å². The van der Waals surface area contributed by atoms with Gasteiger partial charge in [0, 0.05) is 24.7 Å². The molecule has 0 saturated carbocycles. The van der Waals surface area contributed by atoms with Gasteiger partial charge in [-0.05, 0) is 23.8 Å². The highest BCUT2D eigenvalue weighted by atomic mass is 16.6. The van der Waals surface area contributed by atoms with Crippen LogP contribution in [0.1, 0.15) is 5.56 Å². The van der Waals surface area contributed by atoms with Crippen molar-refractivity contribution < 1.29 is 9.47 Å². The number of hydrogen-bond acceptors (Lipinski definition) is 4. The number of rotatable bonds is 4. The standard InChI is InChI=1S/C15H18N2O2/c1-2-13-8-12(3-4-15(13)17-5-1)9-16-10-14-11-18-6-7-19-14/h1-5,8,14,16H,6-7,9-11H2. The zero-order valence-electron chi connectivity index (χ0n) is 10.8. The van der Waals surface area contributed by atoms with Crippen molar-refractivity contribution in [2.24, 2.45) is 0 Å². The lowest BCUT2D eigenvalue weighted by molar-refractivity contribution is -0.0864. The average molecular weight is 258 g/mol. The number of pyridine rings is 1. The van der Waals surface area contributed by atoms with Crippen molar-refractivity contribution >= 4 is 10.9 Å². The van der Waals surface area contributed by atoms with Gasteiger partial charge in [-0.15, -0.1) is 0 Å². The molecule has 1 aliphatic rings. The number of fused-ring (bicyclic) bond motifs is 1. The Bertz CT molecular complexity index is 538. The molecule has 0 bridgehead atoms. The van der Waals surface area contributed by atoms with Crippen LogP contribution < -0.4 is 5.32 Å². The van der Waals surface area contributed by atoms with Gasteiger partial charge >= 0.3 is 0 Å². The van der Waals surface area contributed by atoms with Gasteiger partial charge < -0.3 is 14.8 Å². The Morgan fingerprint density at radius 3 is 3.16 bits per heavy atom. The molecule has 1 saturated heterocycles. The Balaban J connectivity index is 1.56. The minimum absolute atomic E-state index is 0.177. The molecule has 0 spiro atoms. The third-order valence-electron chi connectivity index (χ3n) is 3.25. The monoisotopic (exact) mass is 258 g/mol. The summed E-state index contributed by atoms with van der Waals surface area (Å²) in [4.78, 5) is 4.32. The van der Waals surface area contributed by atoms with E-state index in [0.29, 0.717) is 19.8 Å². The minimum Gasteiger partial charge on any atom is -0.376 e. The van der Waals surface area contributed by atoms with Gasteiger partial charge in [-0.25, -0.2) is 0 Å². The topological polar surface area (TPSA) is 43.4 Å². The summed E-state index contributed by atoms with van der Waals surface area (Å²) in [6.07, 6.45) is 2.00. The maximum atomic E-state index is 5.59.